The fourth-order valence-electron chi connectivity index (χ4n) is 0.736. The van der Waals surface area contributed by atoms with E-state index in [0.29, 0.717) is 0 Å². The Kier molecular flexibility index (Phi) is 3.93. The van der Waals surface area contributed by atoms with Gasteiger partial charge in [0.05, 0.1) is 6.42 Å². The number of carbonyl (C=O) groups is 2. The summed E-state index contributed by atoms with van der Waals surface area (Å²) < 4.78 is 0. The highest BCUT2D eigenvalue weighted by atomic mass is 16.2. The molecule has 12 heavy (non-hydrogen) atoms. The molecule has 0 bridgehead atoms. The van der Waals surface area contributed by atoms with E-state index in [9.17, 15) is 9.59 Å². The van der Waals surface area contributed by atoms with E-state index in [2.05, 4.69) is 5.32 Å². The van der Waals surface area contributed by atoms with Crippen LogP contribution in [0.3, 0.4) is 0 Å². The number of rotatable bonds is 4. The summed E-state index contributed by atoms with van der Waals surface area (Å²) in [7, 11) is 0. The average Bonchev–Trinajstić information content (AvgIpc) is 1.84. The van der Waals surface area contributed by atoms with Crippen molar-refractivity contribution in [1.82, 2.24) is 5.32 Å². The Morgan fingerprint density at radius 2 is 1.83 bits per heavy atom. The number of carbonyl (C=O) groups excluding carboxylic acids is 2. The fraction of sp³-hybridized carbons (Fsp3) is 0.778. The maximum Gasteiger partial charge on any atom is 0.227 e. The summed E-state index contributed by atoms with van der Waals surface area (Å²) >= 11 is 0. The van der Waals surface area contributed by atoms with Gasteiger partial charge in [0.1, 0.15) is 5.78 Å². The van der Waals surface area contributed by atoms with Crippen LogP contribution < -0.4 is 5.32 Å². The molecule has 0 radical (unpaired) electrons. The Hall–Kier alpha value is -0.860. The van der Waals surface area contributed by atoms with Crippen LogP contribution >= 0.6 is 0 Å². The Balaban J connectivity index is 3.92. The molecule has 0 fully saturated rings. The first-order valence-corrected chi connectivity index (χ1v) is 4.18. The summed E-state index contributed by atoms with van der Waals surface area (Å²) in [5.74, 6) is -0.284. The van der Waals surface area contributed by atoms with Crippen LogP contribution in [0.15, 0.2) is 0 Å². The van der Waals surface area contributed by atoms with Crippen molar-refractivity contribution in [1.29, 1.82) is 0 Å². The normalized spacial score (nSPS) is 11.0. The van der Waals surface area contributed by atoms with Crippen molar-refractivity contribution in [2.45, 2.75) is 46.1 Å². The lowest BCUT2D eigenvalue weighted by Crippen LogP contribution is -2.43. The number of Topliss-reactive ketones (excluding diaryl/α,β-unsaturated/α-hetero) is 1. The van der Waals surface area contributed by atoms with E-state index in [-0.39, 0.29) is 23.7 Å². The Bertz CT molecular complexity index is 185. The molecule has 0 aromatic heterocycles. The van der Waals surface area contributed by atoms with Crippen molar-refractivity contribution in [3.8, 4) is 0 Å². The molecule has 0 aliphatic rings. The molecule has 1 amide bonds. The van der Waals surface area contributed by atoms with E-state index >= 15 is 0 Å². The van der Waals surface area contributed by atoms with Crippen molar-refractivity contribution in [3.63, 3.8) is 0 Å². The summed E-state index contributed by atoms with van der Waals surface area (Å²) in [5, 5.41) is 2.78. The summed E-state index contributed by atoms with van der Waals surface area (Å²) in [5.41, 5.74) is -0.202. The van der Waals surface area contributed by atoms with Crippen LogP contribution in [-0.2, 0) is 9.59 Å². The molecule has 0 heterocycles. The smallest absolute Gasteiger partial charge is 0.227 e. The fourth-order valence-corrected chi connectivity index (χ4v) is 0.736. The number of hydrogen-bond acceptors (Lipinski definition) is 2. The van der Waals surface area contributed by atoms with Gasteiger partial charge >= 0.3 is 0 Å². The Labute approximate surface area is 73.5 Å². The molecule has 3 nitrogen and oxygen atoms in total. The Morgan fingerprint density at radius 1 is 1.33 bits per heavy atom. The minimum atomic E-state index is -0.202. The predicted octanol–water partition coefficient (Wildman–Crippen LogP) is 1.27. The number of ketones is 1. The van der Waals surface area contributed by atoms with Crippen LogP contribution in [0, 0.1) is 0 Å². The molecule has 0 aromatic carbocycles. The number of hydrogen-bond donors (Lipinski definition) is 1. The van der Waals surface area contributed by atoms with Gasteiger partial charge in [-0.3, -0.25) is 9.59 Å². The maximum absolute atomic E-state index is 11.1. The molecule has 0 unspecified atom stereocenters. The summed E-state index contributed by atoms with van der Waals surface area (Å²) in [6, 6.07) is 0. The van der Waals surface area contributed by atoms with Crippen LogP contribution in [0.2, 0.25) is 0 Å². The van der Waals surface area contributed by atoms with Crippen molar-refractivity contribution in [2.75, 3.05) is 0 Å². The molecule has 0 aliphatic heterocycles. The molecule has 3 heteroatoms. The van der Waals surface area contributed by atoms with Crippen molar-refractivity contribution in [2.24, 2.45) is 0 Å². The van der Waals surface area contributed by atoms with Gasteiger partial charge in [-0.05, 0) is 27.2 Å². The van der Waals surface area contributed by atoms with Gasteiger partial charge in [0.25, 0.3) is 0 Å². The first kappa shape index (κ1) is 11.1. The van der Waals surface area contributed by atoms with Crippen LogP contribution in [-0.4, -0.2) is 17.2 Å². The van der Waals surface area contributed by atoms with Gasteiger partial charge < -0.3 is 5.32 Å². The van der Waals surface area contributed by atoms with Crippen LogP contribution in [0.5, 0.6) is 0 Å². The summed E-state index contributed by atoms with van der Waals surface area (Å²) in [6.07, 6.45) is 0.847. The van der Waals surface area contributed by atoms with E-state index in [1.807, 2.05) is 20.8 Å². The summed E-state index contributed by atoms with van der Waals surface area (Å²) in [6.45, 7) is 7.28. The third-order valence-electron chi connectivity index (χ3n) is 1.77. The predicted molar refractivity (Wildman–Crippen MR) is 47.8 cm³/mol. The largest absolute Gasteiger partial charge is 0.351 e. The third-order valence-corrected chi connectivity index (χ3v) is 1.77. The molecule has 0 saturated heterocycles. The molecular weight excluding hydrogens is 154 g/mol. The molecular formula is C9H17NO2. The zero-order valence-electron chi connectivity index (χ0n) is 8.23. The molecule has 0 aliphatic carbocycles. The highest BCUT2D eigenvalue weighted by Crippen LogP contribution is 2.06. The first-order chi connectivity index (χ1) is 5.37. The lowest BCUT2D eigenvalue weighted by atomic mass is 10.0. The van der Waals surface area contributed by atoms with E-state index in [1.165, 1.54) is 6.92 Å². The minimum absolute atomic E-state index is 0.0105. The first-order valence-electron chi connectivity index (χ1n) is 4.18. The zero-order valence-corrected chi connectivity index (χ0v) is 8.23. The highest BCUT2D eigenvalue weighted by Gasteiger charge is 2.17. The maximum atomic E-state index is 11.1. The molecule has 0 rings (SSSR count). The van der Waals surface area contributed by atoms with Gasteiger partial charge in [-0.15, -0.1) is 0 Å². The zero-order chi connectivity index (χ0) is 9.78. The second kappa shape index (κ2) is 4.24. The topological polar surface area (TPSA) is 46.2 Å². The molecule has 70 valence electrons. The van der Waals surface area contributed by atoms with Crippen LogP contribution in [0.4, 0.5) is 0 Å². The van der Waals surface area contributed by atoms with Gasteiger partial charge in [-0.25, -0.2) is 0 Å². The van der Waals surface area contributed by atoms with Gasteiger partial charge in [-0.1, -0.05) is 6.92 Å². The SMILES string of the molecule is CCC(C)(C)NC(=O)CC(C)=O. The van der Waals surface area contributed by atoms with E-state index in [4.69, 9.17) is 0 Å². The quantitative estimate of drug-likeness (QED) is 0.647. The van der Waals surface area contributed by atoms with Crippen molar-refractivity contribution in [3.05, 3.63) is 0 Å². The lowest BCUT2D eigenvalue weighted by Gasteiger charge is -2.24. The minimum Gasteiger partial charge on any atom is -0.351 e. The van der Waals surface area contributed by atoms with Gasteiger partial charge in [0.15, 0.2) is 0 Å². The second-order valence-corrected chi connectivity index (χ2v) is 3.66. The van der Waals surface area contributed by atoms with Crippen LogP contribution in [0.1, 0.15) is 40.5 Å². The molecule has 0 saturated carbocycles. The average molecular weight is 171 g/mol. The van der Waals surface area contributed by atoms with Gasteiger partial charge in [0, 0.05) is 5.54 Å². The number of amides is 1. The third kappa shape index (κ3) is 4.88. The second-order valence-electron chi connectivity index (χ2n) is 3.66. The Morgan fingerprint density at radius 3 is 2.17 bits per heavy atom. The van der Waals surface area contributed by atoms with Gasteiger partial charge in [0.2, 0.25) is 5.91 Å². The molecule has 0 spiro atoms. The van der Waals surface area contributed by atoms with E-state index in [1.54, 1.807) is 0 Å². The molecule has 1 N–H and O–H groups in total. The highest BCUT2D eigenvalue weighted by molar-refractivity contribution is 5.96. The number of nitrogens with one attached hydrogen (secondary N) is 1. The van der Waals surface area contributed by atoms with E-state index in [0.717, 1.165) is 6.42 Å². The van der Waals surface area contributed by atoms with Crippen LogP contribution in [0.25, 0.3) is 0 Å². The molecule has 0 atom stereocenters. The standard InChI is InChI=1S/C9H17NO2/c1-5-9(3,4)10-8(12)6-7(2)11/h5-6H2,1-4H3,(H,10,12). The van der Waals surface area contributed by atoms with Crippen molar-refractivity contribution >= 4 is 11.7 Å². The van der Waals surface area contributed by atoms with Crippen molar-refractivity contribution < 1.29 is 9.59 Å². The lowest BCUT2D eigenvalue weighted by molar-refractivity contribution is -0.128. The van der Waals surface area contributed by atoms with Gasteiger partial charge in [-0.2, -0.15) is 0 Å². The summed E-state index contributed by atoms with van der Waals surface area (Å²) in [4.78, 5) is 21.7. The monoisotopic (exact) mass is 171 g/mol. The molecule has 0 aromatic rings. The van der Waals surface area contributed by atoms with E-state index < -0.39 is 0 Å².